The SMILES string of the molecule is CCCCOc1ccc(OCC(F)(F)F)c(C(=O)O)c1. The number of benzene rings is 1. The van der Waals surface area contributed by atoms with Crippen LogP contribution in [0.15, 0.2) is 18.2 Å². The van der Waals surface area contributed by atoms with E-state index < -0.39 is 18.8 Å². The Morgan fingerprint density at radius 3 is 2.55 bits per heavy atom. The molecule has 0 aromatic heterocycles. The number of rotatable bonds is 7. The summed E-state index contributed by atoms with van der Waals surface area (Å²) in [5.41, 5.74) is -0.358. The van der Waals surface area contributed by atoms with E-state index in [2.05, 4.69) is 4.74 Å². The quantitative estimate of drug-likeness (QED) is 0.781. The average molecular weight is 292 g/mol. The molecule has 0 heterocycles. The summed E-state index contributed by atoms with van der Waals surface area (Å²) in [7, 11) is 0. The van der Waals surface area contributed by atoms with Gasteiger partial charge >= 0.3 is 12.1 Å². The second kappa shape index (κ2) is 7.02. The lowest BCUT2D eigenvalue weighted by atomic mass is 10.2. The first-order chi connectivity index (χ1) is 9.33. The Labute approximate surface area is 114 Å². The topological polar surface area (TPSA) is 55.8 Å². The van der Waals surface area contributed by atoms with Crippen molar-refractivity contribution in [2.75, 3.05) is 13.2 Å². The molecule has 1 rings (SSSR count). The summed E-state index contributed by atoms with van der Waals surface area (Å²) in [5, 5.41) is 8.97. The zero-order valence-electron chi connectivity index (χ0n) is 10.9. The number of aromatic carboxylic acids is 1. The zero-order chi connectivity index (χ0) is 15.2. The lowest BCUT2D eigenvalue weighted by Crippen LogP contribution is -2.20. The van der Waals surface area contributed by atoms with Crippen LogP contribution in [0, 0.1) is 0 Å². The Bertz CT molecular complexity index is 457. The smallest absolute Gasteiger partial charge is 0.422 e. The average Bonchev–Trinajstić information content (AvgIpc) is 2.36. The summed E-state index contributed by atoms with van der Waals surface area (Å²) in [6.45, 7) is 0.849. The summed E-state index contributed by atoms with van der Waals surface area (Å²) in [5.74, 6) is -1.42. The third-order valence-electron chi connectivity index (χ3n) is 2.34. The van der Waals surface area contributed by atoms with Crippen LogP contribution in [0.4, 0.5) is 13.2 Å². The van der Waals surface area contributed by atoms with Gasteiger partial charge in [-0.15, -0.1) is 0 Å². The Kier molecular flexibility index (Phi) is 5.66. The fraction of sp³-hybridized carbons (Fsp3) is 0.462. The molecule has 0 saturated heterocycles. The number of halogens is 3. The van der Waals surface area contributed by atoms with Gasteiger partial charge < -0.3 is 14.6 Å². The van der Waals surface area contributed by atoms with E-state index in [1.807, 2.05) is 6.92 Å². The van der Waals surface area contributed by atoms with E-state index in [1.165, 1.54) is 6.07 Å². The minimum absolute atomic E-state index is 0.287. The molecule has 1 N–H and O–H groups in total. The van der Waals surface area contributed by atoms with Crippen molar-refractivity contribution in [1.29, 1.82) is 0 Å². The van der Waals surface area contributed by atoms with Gasteiger partial charge in [-0.1, -0.05) is 13.3 Å². The zero-order valence-corrected chi connectivity index (χ0v) is 10.9. The van der Waals surface area contributed by atoms with Crippen LogP contribution in [0.25, 0.3) is 0 Å². The third kappa shape index (κ3) is 5.38. The molecular weight excluding hydrogens is 277 g/mol. The van der Waals surface area contributed by atoms with Crippen molar-refractivity contribution in [3.8, 4) is 11.5 Å². The van der Waals surface area contributed by atoms with Crippen molar-refractivity contribution in [3.63, 3.8) is 0 Å². The first kappa shape index (κ1) is 16.1. The number of hydrogen-bond acceptors (Lipinski definition) is 3. The van der Waals surface area contributed by atoms with Crippen molar-refractivity contribution in [3.05, 3.63) is 23.8 Å². The van der Waals surface area contributed by atoms with Gasteiger partial charge in [0.2, 0.25) is 0 Å². The molecule has 0 fully saturated rings. The summed E-state index contributed by atoms with van der Waals surface area (Å²) >= 11 is 0. The largest absolute Gasteiger partial charge is 0.494 e. The second-order valence-corrected chi connectivity index (χ2v) is 4.07. The maximum atomic E-state index is 12.1. The Balaban J connectivity index is 2.82. The van der Waals surface area contributed by atoms with Crippen LogP contribution in [0.3, 0.4) is 0 Å². The third-order valence-corrected chi connectivity index (χ3v) is 2.34. The molecule has 1 aromatic rings. The summed E-state index contributed by atoms with van der Waals surface area (Å²) in [4.78, 5) is 11.0. The highest BCUT2D eigenvalue weighted by Crippen LogP contribution is 2.26. The van der Waals surface area contributed by atoms with Crippen LogP contribution in [-0.2, 0) is 0 Å². The number of unbranched alkanes of at least 4 members (excludes halogenated alkanes) is 1. The van der Waals surface area contributed by atoms with Gasteiger partial charge in [-0.2, -0.15) is 13.2 Å². The fourth-order valence-electron chi connectivity index (χ4n) is 1.39. The van der Waals surface area contributed by atoms with E-state index in [1.54, 1.807) is 0 Å². The Morgan fingerprint density at radius 2 is 2.00 bits per heavy atom. The number of carboxylic acid groups (broad SMARTS) is 1. The molecule has 0 saturated carbocycles. The van der Waals surface area contributed by atoms with E-state index in [9.17, 15) is 18.0 Å². The molecule has 7 heteroatoms. The van der Waals surface area contributed by atoms with E-state index in [0.717, 1.165) is 25.0 Å². The van der Waals surface area contributed by atoms with Gasteiger partial charge in [0.15, 0.2) is 6.61 Å². The minimum Gasteiger partial charge on any atom is -0.494 e. The van der Waals surface area contributed by atoms with Gasteiger partial charge in [-0.05, 0) is 24.6 Å². The summed E-state index contributed by atoms with van der Waals surface area (Å²) in [6.07, 6.45) is -2.81. The highest BCUT2D eigenvalue weighted by molar-refractivity contribution is 5.91. The number of ether oxygens (including phenoxy) is 2. The highest BCUT2D eigenvalue weighted by Gasteiger charge is 2.29. The molecule has 0 bridgehead atoms. The van der Waals surface area contributed by atoms with E-state index in [-0.39, 0.29) is 17.1 Å². The second-order valence-electron chi connectivity index (χ2n) is 4.07. The number of carboxylic acids is 1. The molecule has 0 aliphatic carbocycles. The molecule has 0 radical (unpaired) electrons. The van der Waals surface area contributed by atoms with Gasteiger partial charge in [-0.3, -0.25) is 0 Å². The Morgan fingerprint density at radius 1 is 1.30 bits per heavy atom. The molecule has 20 heavy (non-hydrogen) atoms. The van der Waals surface area contributed by atoms with Gasteiger partial charge in [0, 0.05) is 0 Å². The standard InChI is InChI=1S/C13H15F3O4/c1-2-3-6-19-9-4-5-11(10(7-9)12(17)18)20-8-13(14,15)16/h4-5,7H,2-3,6,8H2,1H3,(H,17,18). The first-order valence-electron chi connectivity index (χ1n) is 6.03. The molecule has 0 atom stereocenters. The van der Waals surface area contributed by atoms with Crippen molar-refractivity contribution < 1.29 is 32.5 Å². The van der Waals surface area contributed by atoms with E-state index in [0.29, 0.717) is 6.61 Å². The molecule has 0 aliphatic heterocycles. The van der Waals surface area contributed by atoms with E-state index >= 15 is 0 Å². The van der Waals surface area contributed by atoms with Gasteiger partial charge in [0.25, 0.3) is 0 Å². The Hall–Kier alpha value is -1.92. The predicted molar refractivity (Wildman–Crippen MR) is 65.4 cm³/mol. The van der Waals surface area contributed by atoms with Gasteiger partial charge in [0.05, 0.1) is 6.61 Å². The van der Waals surface area contributed by atoms with Crippen molar-refractivity contribution in [2.24, 2.45) is 0 Å². The summed E-state index contributed by atoms with van der Waals surface area (Å²) in [6, 6.07) is 3.70. The van der Waals surface area contributed by atoms with Crippen molar-refractivity contribution in [2.45, 2.75) is 25.9 Å². The normalized spacial score (nSPS) is 11.2. The maximum absolute atomic E-state index is 12.1. The molecule has 0 spiro atoms. The van der Waals surface area contributed by atoms with Crippen LogP contribution < -0.4 is 9.47 Å². The molecule has 1 aromatic carbocycles. The number of carbonyl (C=O) groups is 1. The van der Waals surface area contributed by atoms with Gasteiger partial charge in [0.1, 0.15) is 17.1 Å². The molecule has 0 amide bonds. The van der Waals surface area contributed by atoms with Crippen molar-refractivity contribution >= 4 is 5.97 Å². The minimum atomic E-state index is -4.52. The molecule has 0 aliphatic rings. The van der Waals surface area contributed by atoms with Gasteiger partial charge in [-0.25, -0.2) is 4.79 Å². The number of alkyl halides is 3. The van der Waals surface area contributed by atoms with Crippen LogP contribution in [0.5, 0.6) is 11.5 Å². The molecule has 112 valence electrons. The molecular formula is C13H15F3O4. The molecule has 4 nitrogen and oxygen atoms in total. The van der Waals surface area contributed by atoms with E-state index in [4.69, 9.17) is 9.84 Å². The lowest BCUT2D eigenvalue weighted by Gasteiger charge is -2.13. The van der Waals surface area contributed by atoms with Crippen molar-refractivity contribution in [1.82, 2.24) is 0 Å². The summed E-state index contributed by atoms with van der Waals surface area (Å²) < 4.78 is 46.0. The monoisotopic (exact) mass is 292 g/mol. The van der Waals surface area contributed by atoms with Crippen LogP contribution >= 0.6 is 0 Å². The number of hydrogen-bond donors (Lipinski definition) is 1. The van der Waals surface area contributed by atoms with Crippen LogP contribution in [0.2, 0.25) is 0 Å². The van der Waals surface area contributed by atoms with Crippen LogP contribution in [0.1, 0.15) is 30.1 Å². The lowest BCUT2D eigenvalue weighted by molar-refractivity contribution is -0.153. The maximum Gasteiger partial charge on any atom is 0.422 e. The van der Waals surface area contributed by atoms with Crippen LogP contribution in [-0.4, -0.2) is 30.5 Å². The first-order valence-corrected chi connectivity index (χ1v) is 6.03. The highest BCUT2D eigenvalue weighted by atomic mass is 19.4. The molecule has 0 unspecified atom stereocenters. The predicted octanol–water partition coefficient (Wildman–Crippen LogP) is 3.50. The fourth-order valence-corrected chi connectivity index (χ4v) is 1.39.